The van der Waals surface area contributed by atoms with Gasteiger partial charge in [0.25, 0.3) is 0 Å². The van der Waals surface area contributed by atoms with E-state index in [1.807, 2.05) is 44.3 Å². The molecule has 0 bridgehead atoms. The monoisotopic (exact) mass is 188 g/mol. The van der Waals surface area contributed by atoms with Crippen molar-refractivity contribution in [2.75, 3.05) is 0 Å². The van der Waals surface area contributed by atoms with Crippen LogP contribution in [0.5, 0.6) is 0 Å². The van der Waals surface area contributed by atoms with Gasteiger partial charge in [0.05, 0.1) is 5.52 Å². The normalized spacial score (nSPS) is 9.71. The first kappa shape index (κ1) is 10.7. The van der Waals surface area contributed by atoms with Crippen LogP contribution in [0.15, 0.2) is 42.6 Å². The number of fused-ring (bicyclic) bond motifs is 1. The number of pyridine rings is 1. The summed E-state index contributed by atoms with van der Waals surface area (Å²) in [4.78, 5) is 4.18. The van der Waals surface area contributed by atoms with Gasteiger partial charge >= 0.3 is 0 Å². The minimum absolute atomic E-state index is 0.333. The number of aromatic nitrogens is 1. The van der Waals surface area contributed by atoms with Gasteiger partial charge in [0.2, 0.25) is 0 Å². The molecule has 74 valence electrons. The van der Waals surface area contributed by atoms with Gasteiger partial charge in [-0.1, -0.05) is 38.1 Å². The van der Waals surface area contributed by atoms with Crippen LogP contribution in [0.2, 0.25) is 0 Å². The zero-order valence-corrected chi connectivity index (χ0v) is 8.64. The largest absolute Gasteiger partial charge is 0.328 e. The minimum Gasteiger partial charge on any atom is -0.328 e. The predicted molar refractivity (Wildman–Crippen MR) is 61.1 cm³/mol. The lowest BCUT2D eigenvalue weighted by molar-refractivity contribution is 0.834. The molecule has 0 amide bonds. The Balaban J connectivity index is 0.000000213. The molecule has 0 fully saturated rings. The van der Waals surface area contributed by atoms with Crippen LogP contribution in [0, 0.1) is 0 Å². The second-order valence-corrected chi connectivity index (χ2v) is 3.44. The Morgan fingerprint density at radius 2 is 1.64 bits per heavy atom. The molecule has 2 rings (SSSR count). The van der Waals surface area contributed by atoms with Gasteiger partial charge in [0.1, 0.15) is 0 Å². The molecule has 0 aliphatic carbocycles. The van der Waals surface area contributed by atoms with Crippen LogP contribution in [-0.4, -0.2) is 11.0 Å². The van der Waals surface area contributed by atoms with E-state index >= 15 is 0 Å². The smallest absolute Gasteiger partial charge is 0.0701 e. The highest BCUT2D eigenvalue weighted by atomic mass is 14.6. The molecule has 2 nitrogen and oxygen atoms in total. The second-order valence-electron chi connectivity index (χ2n) is 3.44. The molecular weight excluding hydrogens is 172 g/mol. The number of hydrogen-bond acceptors (Lipinski definition) is 2. The average molecular weight is 188 g/mol. The predicted octanol–water partition coefficient (Wildman–Crippen LogP) is 2.59. The standard InChI is InChI=1S/C9H7N.C3H9N/c1-2-6-9-8(4-1)5-3-7-10-9;1-3(2)4/h1-7H;3H,4H2,1-2H3. The van der Waals surface area contributed by atoms with Crippen molar-refractivity contribution in [2.45, 2.75) is 19.9 Å². The van der Waals surface area contributed by atoms with E-state index in [1.165, 1.54) is 5.39 Å². The average Bonchev–Trinajstić information content (AvgIpc) is 2.17. The van der Waals surface area contributed by atoms with E-state index in [-0.39, 0.29) is 0 Å². The first-order valence-corrected chi connectivity index (χ1v) is 4.75. The Morgan fingerprint density at radius 1 is 1.07 bits per heavy atom. The van der Waals surface area contributed by atoms with E-state index in [4.69, 9.17) is 5.73 Å². The Bertz CT molecular complexity index is 314. The van der Waals surface area contributed by atoms with Crippen molar-refractivity contribution >= 4 is 10.9 Å². The van der Waals surface area contributed by atoms with Crippen LogP contribution in [0.3, 0.4) is 0 Å². The highest BCUT2D eigenvalue weighted by Gasteiger charge is 1.86. The zero-order valence-electron chi connectivity index (χ0n) is 8.64. The van der Waals surface area contributed by atoms with Crippen LogP contribution >= 0.6 is 0 Å². The third kappa shape index (κ3) is 3.54. The van der Waals surface area contributed by atoms with Crippen LogP contribution in [0.4, 0.5) is 0 Å². The summed E-state index contributed by atoms with van der Waals surface area (Å²) >= 11 is 0. The van der Waals surface area contributed by atoms with E-state index < -0.39 is 0 Å². The van der Waals surface area contributed by atoms with Gasteiger partial charge in [-0.25, -0.2) is 0 Å². The molecule has 2 heteroatoms. The summed E-state index contributed by atoms with van der Waals surface area (Å²) in [5, 5.41) is 1.20. The lowest BCUT2D eigenvalue weighted by Gasteiger charge is -1.91. The molecule has 0 unspecified atom stereocenters. The van der Waals surface area contributed by atoms with E-state index in [0.29, 0.717) is 6.04 Å². The van der Waals surface area contributed by atoms with Crippen molar-refractivity contribution in [3.63, 3.8) is 0 Å². The third-order valence-corrected chi connectivity index (χ3v) is 1.51. The van der Waals surface area contributed by atoms with Crippen molar-refractivity contribution in [1.82, 2.24) is 4.98 Å². The molecule has 0 saturated carbocycles. The molecule has 0 radical (unpaired) electrons. The highest BCUT2D eigenvalue weighted by Crippen LogP contribution is 2.07. The van der Waals surface area contributed by atoms with Gasteiger partial charge in [-0.2, -0.15) is 0 Å². The molecule has 1 aromatic carbocycles. The molecule has 14 heavy (non-hydrogen) atoms. The number of benzene rings is 1. The summed E-state index contributed by atoms with van der Waals surface area (Å²) < 4.78 is 0. The molecule has 0 spiro atoms. The molecule has 1 aromatic heterocycles. The van der Waals surface area contributed by atoms with Crippen LogP contribution in [0.1, 0.15) is 13.8 Å². The van der Waals surface area contributed by atoms with Crippen LogP contribution < -0.4 is 5.73 Å². The van der Waals surface area contributed by atoms with E-state index in [9.17, 15) is 0 Å². The summed E-state index contributed by atoms with van der Waals surface area (Å²) in [6, 6.07) is 12.4. The summed E-state index contributed by atoms with van der Waals surface area (Å²) in [6.45, 7) is 3.89. The Kier molecular flexibility index (Phi) is 4.08. The van der Waals surface area contributed by atoms with Gasteiger partial charge in [-0.3, -0.25) is 4.98 Å². The van der Waals surface area contributed by atoms with E-state index in [2.05, 4.69) is 17.1 Å². The van der Waals surface area contributed by atoms with Crippen molar-refractivity contribution in [3.8, 4) is 0 Å². The summed E-state index contributed by atoms with van der Waals surface area (Å²) in [5.41, 5.74) is 6.17. The maximum atomic E-state index is 5.11. The molecule has 2 aromatic rings. The molecule has 0 atom stereocenters. The van der Waals surface area contributed by atoms with Crippen molar-refractivity contribution in [1.29, 1.82) is 0 Å². The lowest BCUT2D eigenvalue weighted by atomic mass is 10.2. The van der Waals surface area contributed by atoms with Gasteiger partial charge < -0.3 is 5.73 Å². The van der Waals surface area contributed by atoms with Gasteiger partial charge in [-0.05, 0) is 18.2 Å². The maximum Gasteiger partial charge on any atom is 0.0701 e. The first-order chi connectivity index (χ1) is 6.70. The van der Waals surface area contributed by atoms with Crippen LogP contribution in [0.25, 0.3) is 10.9 Å². The van der Waals surface area contributed by atoms with Gasteiger partial charge in [-0.15, -0.1) is 0 Å². The lowest BCUT2D eigenvalue weighted by Crippen LogP contribution is -2.06. The molecule has 2 N–H and O–H groups in total. The number of para-hydroxylation sites is 1. The fourth-order valence-corrected chi connectivity index (χ4v) is 1.02. The van der Waals surface area contributed by atoms with E-state index in [1.54, 1.807) is 0 Å². The fourth-order valence-electron chi connectivity index (χ4n) is 1.02. The van der Waals surface area contributed by atoms with Crippen molar-refractivity contribution in [2.24, 2.45) is 5.73 Å². The summed E-state index contributed by atoms with van der Waals surface area (Å²) in [6.07, 6.45) is 1.81. The number of nitrogens with zero attached hydrogens (tertiary/aromatic N) is 1. The molecular formula is C12H16N2. The number of rotatable bonds is 0. The van der Waals surface area contributed by atoms with Gasteiger partial charge in [0.15, 0.2) is 0 Å². The quantitative estimate of drug-likeness (QED) is 0.690. The summed E-state index contributed by atoms with van der Waals surface area (Å²) in [5.74, 6) is 0. The Morgan fingerprint density at radius 3 is 2.29 bits per heavy atom. The molecule has 0 aliphatic heterocycles. The topological polar surface area (TPSA) is 38.9 Å². The van der Waals surface area contributed by atoms with Crippen molar-refractivity contribution < 1.29 is 0 Å². The molecule has 0 saturated heterocycles. The second kappa shape index (κ2) is 5.35. The zero-order chi connectivity index (χ0) is 10.4. The first-order valence-electron chi connectivity index (χ1n) is 4.75. The van der Waals surface area contributed by atoms with E-state index in [0.717, 1.165) is 5.52 Å². The fraction of sp³-hybridized carbons (Fsp3) is 0.250. The van der Waals surface area contributed by atoms with Gasteiger partial charge in [0, 0.05) is 11.6 Å². The minimum atomic E-state index is 0.333. The molecule has 1 heterocycles. The number of hydrogen-bond donors (Lipinski definition) is 1. The summed E-state index contributed by atoms with van der Waals surface area (Å²) in [7, 11) is 0. The van der Waals surface area contributed by atoms with Crippen LogP contribution in [-0.2, 0) is 0 Å². The number of nitrogens with two attached hydrogens (primary N) is 1. The van der Waals surface area contributed by atoms with Crippen molar-refractivity contribution in [3.05, 3.63) is 42.6 Å². The SMILES string of the molecule is CC(C)N.c1ccc2ncccc2c1. The Hall–Kier alpha value is -1.41. The highest BCUT2D eigenvalue weighted by molar-refractivity contribution is 5.77. The third-order valence-electron chi connectivity index (χ3n) is 1.51. The maximum absolute atomic E-state index is 5.11. The molecule has 0 aliphatic rings. The Labute approximate surface area is 84.8 Å².